The van der Waals surface area contributed by atoms with Crippen LogP contribution in [-0.4, -0.2) is 0 Å². The van der Waals surface area contributed by atoms with Crippen LogP contribution in [-0.2, 0) is 12.8 Å². The Labute approximate surface area is 265 Å². The van der Waals surface area contributed by atoms with Crippen LogP contribution in [0.25, 0.3) is 44.5 Å². The number of benzene rings is 7. The van der Waals surface area contributed by atoms with Crippen molar-refractivity contribution in [2.75, 3.05) is 4.90 Å². The normalized spacial score (nSPS) is 11.8. The van der Waals surface area contributed by atoms with Gasteiger partial charge in [0.15, 0.2) is 0 Å². The quantitative estimate of drug-likeness (QED) is 0.191. The zero-order valence-electron chi connectivity index (χ0n) is 25.1. The first-order valence-electron chi connectivity index (χ1n) is 15.7. The van der Waals surface area contributed by atoms with Gasteiger partial charge in [-0.2, -0.15) is 0 Å². The van der Waals surface area contributed by atoms with Gasteiger partial charge < -0.3 is 4.90 Å². The standard InChI is InChI=1S/C44H33N/c1-3-9-32(10-4-1)34-19-25-40(26-20-34)45(41-27-21-35(22-28-41)33-11-5-2-6-12-33)42-29-23-36(24-30-42)39-18-17-38-16-15-37-13-7-8-14-43(37)44(38)31-39/h1-14,17-31H,15-16H2. The predicted octanol–water partition coefficient (Wildman–Crippen LogP) is 11.9. The van der Waals surface area contributed by atoms with E-state index in [1.807, 2.05) is 0 Å². The van der Waals surface area contributed by atoms with Crippen LogP contribution in [0.15, 0.2) is 176 Å². The van der Waals surface area contributed by atoms with E-state index in [2.05, 4.69) is 181 Å². The summed E-state index contributed by atoms with van der Waals surface area (Å²) in [6.45, 7) is 0. The maximum Gasteiger partial charge on any atom is 0.0462 e. The summed E-state index contributed by atoms with van der Waals surface area (Å²) >= 11 is 0. The van der Waals surface area contributed by atoms with E-state index in [4.69, 9.17) is 0 Å². The van der Waals surface area contributed by atoms with Crippen LogP contribution >= 0.6 is 0 Å². The van der Waals surface area contributed by atoms with E-state index in [9.17, 15) is 0 Å². The number of fused-ring (bicyclic) bond motifs is 3. The third kappa shape index (κ3) is 5.34. The molecule has 1 nitrogen and oxygen atoms in total. The second-order valence-corrected chi connectivity index (χ2v) is 11.7. The van der Waals surface area contributed by atoms with E-state index in [0.717, 1.165) is 29.9 Å². The van der Waals surface area contributed by atoms with Crippen molar-refractivity contribution in [1.82, 2.24) is 0 Å². The van der Waals surface area contributed by atoms with Gasteiger partial charge in [0, 0.05) is 17.1 Å². The van der Waals surface area contributed by atoms with E-state index in [1.165, 1.54) is 55.6 Å². The van der Waals surface area contributed by atoms with Crippen molar-refractivity contribution in [3.8, 4) is 44.5 Å². The molecule has 0 heterocycles. The molecule has 8 rings (SSSR count). The molecule has 0 atom stereocenters. The fourth-order valence-electron chi connectivity index (χ4n) is 6.61. The first-order valence-corrected chi connectivity index (χ1v) is 15.7. The number of nitrogens with zero attached hydrogens (tertiary/aromatic N) is 1. The van der Waals surface area contributed by atoms with Gasteiger partial charge in [0.05, 0.1) is 0 Å². The SMILES string of the molecule is c1ccc(-c2ccc(N(c3ccc(-c4ccccc4)cc3)c3ccc(-c4ccc5c(c4)-c4ccccc4CC5)cc3)cc2)cc1. The third-order valence-corrected chi connectivity index (χ3v) is 9.01. The predicted molar refractivity (Wildman–Crippen MR) is 190 cm³/mol. The Kier molecular flexibility index (Phi) is 7.05. The molecule has 0 bridgehead atoms. The summed E-state index contributed by atoms with van der Waals surface area (Å²) in [6.07, 6.45) is 2.22. The molecule has 7 aromatic carbocycles. The fraction of sp³-hybridized carbons (Fsp3) is 0.0455. The molecule has 1 aliphatic carbocycles. The third-order valence-electron chi connectivity index (χ3n) is 9.01. The summed E-state index contributed by atoms with van der Waals surface area (Å²) in [5.41, 5.74) is 16.4. The summed E-state index contributed by atoms with van der Waals surface area (Å²) in [5.74, 6) is 0. The van der Waals surface area contributed by atoms with Crippen molar-refractivity contribution in [2.24, 2.45) is 0 Å². The van der Waals surface area contributed by atoms with Crippen LogP contribution in [0.5, 0.6) is 0 Å². The Morgan fingerprint density at radius 3 is 1.18 bits per heavy atom. The Morgan fingerprint density at radius 1 is 0.289 bits per heavy atom. The second-order valence-electron chi connectivity index (χ2n) is 11.7. The molecule has 0 saturated carbocycles. The maximum atomic E-state index is 2.38. The van der Waals surface area contributed by atoms with E-state index in [0.29, 0.717) is 0 Å². The van der Waals surface area contributed by atoms with Crippen molar-refractivity contribution in [1.29, 1.82) is 0 Å². The highest BCUT2D eigenvalue weighted by Gasteiger charge is 2.17. The topological polar surface area (TPSA) is 3.24 Å². The van der Waals surface area contributed by atoms with Gasteiger partial charge in [-0.3, -0.25) is 0 Å². The largest absolute Gasteiger partial charge is 0.311 e. The maximum absolute atomic E-state index is 2.38. The number of hydrogen-bond acceptors (Lipinski definition) is 1. The lowest BCUT2D eigenvalue weighted by Gasteiger charge is -2.26. The molecule has 0 spiro atoms. The van der Waals surface area contributed by atoms with E-state index in [1.54, 1.807) is 0 Å². The minimum absolute atomic E-state index is 1.10. The lowest BCUT2D eigenvalue weighted by molar-refractivity contribution is 0.942. The minimum Gasteiger partial charge on any atom is -0.311 e. The van der Waals surface area contributed by atoms with E-state index in [-0.39, 0.29) is 0 Å². The molecular weight excluding hydrogens is 542 g/mol. The Morgan fingerprint density at radius 2 is 0.667 bits per heavy atom. The average Bonchev–Trinajstić information content (AvgIpc) is 3.13. The van der Waals surface area contributed by atoms with Gasteiger partial charge in [-0.25, -0.2) is 0 Å². The van der Waals surface area contributed by atoms with Crippen LogP contribution < -0.4 is 4.90 Å². The molecule has 1 aliphatic rings. The lowest BCUT2D eigenvalue weighted by atomic mass is 9.84. The molecule has 0 N–H and O–H groups in total. The van der Waals surface area contributed by atoms with Crippen molar-refractivity contribution in [2.45, 2.75) is 12.8 Å². The van der Waals surface area contributed by atoms with Gasteiger partial charge in [0.2, 0.25) is 0 Å². The summed E-state index contributed by atoms with van der Waals surface area (Å²) < 4.78 is 0. The summed E-state index contributed by atoms with van der Waals surface area (Å²) in [7, 11) is 0. The molecule has 0 fully saturated rings. The summed E-state index contributed by atoms with van der Waals surface area (Å²) in [6, 6.07) is 63.7. The van der Waals surface area contributed by atoms with Gasteiger partial charge in [0.25, 0.3) is 0 Å². The van der Waals surface area contributed by atoms with Crippen molar-refractivity contribution in [3.63, 3.8) is 0 Å². The molecule has 1 heteroatoms. The highest BCUT2D eigenvalue weighted by Crippen LogP contribution is 2.39. The zero-order chi connectivity index (χ0) is 30.0. The molecule has 45 heavy (non-hydrogen) atoms. The smallest absolute Gasteiger partial charge is 0.0462 e. The number of rotatable bonds is 6. The van der Waals surface area contributed by atoms with Crippen LogP contribution in [0.3, 0.4) is 0 Å². The van der Waals surface area contributed by atoms with Crippen molar-refractivity contribution < 1.29 is 0 Å². The first-order chi connectivity index (χ1) is 22.3. The monoisotopic (exact) mass is 575 g/mol. The van der Waals surface area contributed by atoms with Gasteiger partial charge in [-0.15, -0.1) is 0 Å². The Bertz CT molecular complexity index is 1980. The molecule has 0 amide bonds. The van der Waals surface area contributed by atoms with Gasteiger partial charge in [0.1, 0.15) is 0 Å². The van der Waals surface area contributed by atoms with Crippen LogP contribution in [0.2, 0.25) is 0 Å². The second kappa shape index (κ2) is 11.8. The Balaban J connectivity index is 1.16. The zero-order valence-corrected chi connectivity index (χ0v) is 25.1. The van der Waals surface area contributed by atoms with E-state index >= 15 is 0 Å². The number of hydrogen-bond donors (Lipinski definition) is 0. The lowest BCUT2D eigenvalue weighted by Crippen LogP contribution is -2.09. The van der Waals surface area contributed by atoms with Crippen LogP contribution in [0, 0.1) is 0 Å². The Hall–Kier alpha value is -5.66. The van der Waals surface area contributed by atoms with Crippen LogP contribution in [0.1, 0.15) is 11.1 Å². The highest BCUT2D eigenvalue weighted by molar-refractivity contribution is 5.83. The molecule has 7 aromatic rings. The summed E-state index contributed by atoms with van der Waals surface area (Å²) in [5, 5.41) is 0. The van der Waals surface area contributed by atoms with Crippen molar-refractivity contribution >= 4 is 17.1 Å². The molecule has 0 saturated heterocycles. The van der Waals surface area contributed by atoms with Crippen LogP contribution in [0.4, 0.5) is 17.1 Å². The average molecular weight is 576 g/mol. The fourth-order valence-corrected chi connectivity index (χ4v) is 6.61. The number of anilines is 3. The first kappa shape index (κ1) is 26.9. The van der Waals surface area contributed by atoms with Crippen molar-refractivity contribution in [3.05, 3.63) is 187 Å². The molecule has 0 unspecified atom stereocenters. The minimum atomic E-state index is 1.10. The van der Waals surface area contributed by atoms with Gasteiger partial charge in [-0.1, -0.05) is 133 Å². The molecule has 214 valence electrons. The summed E-state index contributed by atoms with van der Waals surface area (Å²) in [4.78, 5) is 2.34. The molecule has 0 aliphatic heterocycles. The molecule has 0 radical (unpaired) electrons. The van der Waals surface area contributed by atoms with Gasteiger partial charge in [-0.05, 0) is 111 Å². The molecule has 0 aromatic heterocycles. The van der Waals surface area contributed by atoms with E-state index < -0.39 is 0 Å². The van der Waals surface area contributed by atoms with Gasteiger partial charge >= 0.3 is 0 Å². The number of aryl methyl sites for hydroxylation is 2. The molecular formula is C44H33N. The highest BCUT2D eigenvalue weighted by atomic mass is 15.1.